The van der Waals surface area contributed by atoms with Crippen molar-refractivity contribution >= 4 is 17.2 Å². The van der Waals surface area contributed by atoms with Crippen molar-refractivity contribution in [1.82, 2.24) is 15.2 Å². The third-order valence-corrected chi connectivity index (χ3v) is 6.59. The number of halogens is 1. The van der Waals surface area contributed by atoms with Crippen LogP contribution in [-0.2, 0) is 6.54 Å². The van der Waals surface area contributed by atoms with Gasteiger partial charge in [0, 0.05) is 35.9 Å². The SMILES string of the molecule is CC1(O)CCN(Cc2ccncc2)C(c2cccs2)C1NC(=O)c1ccc(F)cc1. The van der Waals surface area contributed by atoms with Crippen LogP contribution in [0.3, 0.4) is 0 Å². The number of piperidine rings is 1. The first kappa shape index (κ1) is 20.7. The van der Waals surface area contributed by atoms with E-state index in [-0.39, 0.29) is 11.9 Å². The second-order valence-electron chi connectivity index (χ2n) is 7.85. The summed E-state index contributed by atoms with van der Waals surface area (Å²) in [5, 5.41) is 16.3. The monoisotopic (exact) mass is 425 g/mol. The van der Waals surface area contributed by atoms with Crippen LogP contribution in [0, 0.1) is 5.82 Å². The minimum atomic E-state index is -1.08. The summed E-state index contributed by atoms with van der Waals surface area (Å²) in [4.78, 5) is 20.4. The van der Waals surface area contributed by atoms with Crippen LogP contribution in [0.1, 0.15) is 40.2 Å². The Balaban J connectivity index is 1.65. The highest BCUT2D eigenvalue weighted by Crippen LogP contribution is 2.39. The molecule has 0 aliphatic carbocycles. The van der Waals surface area contributed by atoms with Crippen LogP contribution < -0.4 is 5.32 Å². The molecule has 0 radical (unpaired) electrons. The zero-order valence-electron chi connectivity index (χ0n) is 16.7. The molecule has 0 bridgehead atoms. The van der Waals surface area contributed by atoms with Crippen molar-refractivity contribution in [2.75, 3.05) is 6.54 Å². The molecule has 3 atom stereocenters. The standard InChI is InChI=1S/C23H24FN3O2S/c1-23(29)10-13-27(15-16-8-11-25-12-9-16)20(19-3-2-14-30-19)21(23)26-22(28)17-4-6-18(24)7-5-17/h2-9,11-12,14,20-21,29H,10,13,15H2,1H3,(H,26,28). The Labute approximate surface area is 179 Å². The summed E-state index contributed by atoms with van der Waals surface area (Å²) in [5.41, 5.74) is 0.402. The summed E-state index contributed by atoms with van der Waals surface area (Å²) in [7, 11) is 0. The van der Waals surface area contributed by atoms with Crippen molar-refractivity contribution < 1.29 is 14.3 Å². The number of aromatic nitrogens is 1. The minimum Gasteiger partial charge on any atom is -0.388 e. The van der Waals surface area contributed by atoms with Gasteiger partial charge >= 0.3 is 0 Å². The maximum absolute atomic E-state index is 13.3. The van der Waals surface area contributed by atoms with Crippen molar-refractivity contribution in [3.63, 3.8) is 0 Å². The molecule has 1 aromatic carbocycles. The molecule has 1 aliphatic rings. The molecule has 5 nitrogen and oxygen atoms in total. The molecule has 1 saturated heterocycles. The fourth-order valence-electron chi connectivity index (χ4n) is 3.98. The number of likely N-dealkylation sites (tertiary alicyclic amines) is 1. The van der Waals surface area contributed by atoms with Crippen LogP contribution in [0.2, 0.25) is 0 Å². The Morgan fingerprint density at radius 2 is 2.00 bits per heavy atom. The maximum Gasteiger partial charge on any atom is 0.251 e. The Morgan fingerprint density at radius 3 is 2.67 bits per heavy atom. The van der Waals surface area contributed by atoms with E-state index in [0.29, 0.717) is 25.1 Å². The fraction of sp³-hybridized carbons (Fsp3) is 0.304. The van der Waals surface area contributed by atoms with E-state index in [0.717, 1.165) is 10.4 Å². The van der Waals surface area contributed by atoms with E-state index in [2.05, 4.69) is 15.2 Å². The summed E-state index contributed by atoms with van der Waals surface area (Å²) in [6.45, 7) is 3.15. The molecule has 30 heavy (non-hydrogen) atoms. The average Bonchev–Trinajstić information content (AvgIpc) is 3.26. The van der Waals surface area contributed by atoms with Crippen LogP contribution in [-0.4, -0.2) is 39.1 Å². The summed E-state index contributed by atoms with van der Waals surface area (Å²) >= 11 is 1.61. The number of carbonyl (C=O) groups is 1. The Bertz CT molecular complexity index is 977. The number of thiophene rings is 1. The molecule has 3 aromatic rings. The quantitative estimate of drug-likeness (QED) is 0.653. The van der Waals surface area contributed by atoms with E-state index >= 15 is 0 Å². The predicted molar refractivity (Wildman–Crippen MR) is 115 cm³/mol. The van der Waals surface area contributed by atoms with Gasteiger partial charge in [0.25, 0.3) is 5.91 Å². The number of carbonyl (C=O) groups excluding carboxylic acids is 1. The first-order valence-corrected chi connectivity index (χ1v) is 10.8. The topological polar surface area (TPSA) is 65.5 Å². The molecular formula is C23H24FN3O2S. The van der Waals surface area contributed by atoms with Gasteiger partial charge in [-0.2, -0.15) is 0 Å². The summed E-state index contributed by atoms with van der Waals surface area (Å²) in [5.74, 6) is -0.719. The van der Waals surface area contributed by atoms with E-state index in [4.69, 9.17) is 0 Å². The number of amides is 1. The molecular weight excluding hydrogens is 401 g/mol. The lowest BCUT2D eigenvalue weighted by Gasteiger charge is -2.48. The highest BCUT2D eigenvalue weighted by molar-refractivity contribution is 7.10. The molecule has 3 heterocycles. The zero-order chi connectivity index (χ0) is 21.1. The highest BCUT2D eigenvalue weighted by atomic mass is 32.1. The Kier molecular flexibility index (Phi) is 5.94. The van der Waals surface area contributed by atoms with E-state index in [1.165, 1.54) is 24.3 Å². The van der Waals surface area contributed by atoms with Crippen molar-refractivity contribution in [2.24, 2.45) is 0 Å². The molecule has 1 amide bonds. The van der Waals surface area contributed by atoms with Crippen LogP contribution in [0.4, 0.5) is 4.39 Å². The minimum absolute atomic E-state index is 0.189. The molecule has 1 aliphatic heterocycles. The molecule has 0 saturated carbocycles. The highest BCUT2D eigenvalue weighted by Gasteiger charge is 2.46. The predicted octanol–water partition coefficient (Wildman–Crippen LogP) is 3.78. The normalized spacial score (nSPS) is 24.5. The number of pyridine rings is 1. The number of aliphatic hydroxyl groups is 1. The molecule has 0 spiro atoms. The van der Waals surface area contributed by atoms with Gasteiger partial charge in [0.2, 0.25) is 0 Å². The zero-order valence-corrected chi connectivity index (χ0v) is 17.5. The number of nitrogens with zero attached hydrogens (tertiary/aromatic N) is 2. The number of rotatable bonds is 5. The van der Waals surface area contributed by atoms with Crippen molar-refractivity contribution in [2.45, 2.75) is 37.6 Å². The molecule has 1 fully saturated rings. The molecule has 7 heteroatoms. The molecule has 156 valence electrons. The second-order valence-corrected chi connectivity index (χ2v) is 8.83. The van der Waals surface area contributed by atoms with Crippen LogP contribution >= 0.6 is 11.3 Å². The van der Waals surface area contributed by atoms with Gasteiger partial charge in [0.05, 0.1) is 17.7 Å². The Hall–Kier alpha value is -2.61. The lowest BCUT2D eigenvalue weighted by molar-refractivity contribution is -0.0656. The van der Waals surface area contributed by atoms with Gasteiger partial charge in [0.15, 0.2) is 0 Å². The van der Waals surface area contributed by atoms with E-state index in [1.54, 1.807) is 30.7 Å². The van der Waals surface area contributed by atoms with Gasteiger partial charge < -0.3 is 10.4 Å². The van der Waals surface area contributed by atoms with Gasteiger partial charge in [-0.15, -0.1) is 11.3 Å². The van der Waals surface area contributed by atoms with Crippen molar-refractivity contribution in [1.29, 1.82) is 0 Å². The van der Waals surface area contributed by atoms with Crippen LogP contribution in [0.15, 0.2) is 66.3 Å². The van der Waals surface area contributed by atoms with Gasteiger partial charge in [0.1, 0.15) is 5.82 Å². The van der Waals surface area contributed by atoms with Gasteiger partial charge in [-0.3, -0.25) is 14.7 Å². The Morgan fingerprint density at radius 1 is 1.27 bits per heavy atom. The molecule has 2 aromatic heterocycles. The summed E-state index contributed by atoms with van der Waals surface area (Å²) in [6.07, 6.45) is 4.06. The van der Waals surface area contributed by atoms with E-state index in [1.807, 2.05) is 29.6 Å². The molecule has 3 unspecified atom stereocenters. The number of nitrogens with one attached hydrogen (secondary N) is 1. The van der Waals surface area contributed by atoms with E-state index in [9.17, 15) is 14.3 Å². The van der Waals surface area contributed by atoms with Crippen LogP contribution in [0.25, 0.3) is 0 Å². The van der Waals surface area contributed by atoms with E-state index < -0.39 is 17.5 Å². The number of benzene rings is 1. The van der Waals surface area contributed by atoms with Crippen LogP contribution in [0.5, 0.6) is 0 Å². The number of hydrogen-bond acceptors (Lipinski definition) is 5. The lowest BCUT2D eigenvalue weighted by Crippen LogP contribution is -2.62. The summed E-state index contributed by atoms with van der Waals surface area (Å²) < 4.78 is 13.3. The summed E-state index contributed by atoms with van der Waals surface area (Å²) in [6, 6.07) is 12.7. The first-order chi connectivity index (χ1) is 14.4. The maximum atomic E-state index is 13.3. The average molecular weight is 426 g/mol. The molecule has 4 rings (SSSR count). The fourth-order valence-corrected chi connectivity index (χ4v) is 4.88. The smallest absolute Gasteiger partial charge is 0.251 e. The third-order valence-electron chi connectivity index (χ3n) is 5.65. The number of hydrogen-bond donors (Lipinski definition) is 2. The second kappa shape index (κ2) is 8.63. The van der Waals surface area contributed by atoms with Crippen molar-refractivity contribution in [3.8, 4) is 0 Å². The largest absolute Gasteiger partial charge is 0.388 e. The molecule has 2 N–H and O–H groups in total. The lowest BCUT2D eigenvalue weighted by atomic mass is 9.81. The third kappa shape index (κ3) is 4.43. The first-order valence-electron chi connectivity index (χ1n) is 9.89. The van der Waals surface area contributed by atoms with Gasteiger partial charge in [-0.05, 0) is 66.8 Å². The van der Waals surface area contributed by atoms with Gasteiger partial charge in [-0.25, -0.2) is 4.39 Å². The van der Waals surface area contributed by atoms with Crippen molar-refractivity contribution in [3.05, 3.63) is 88.1 Å². The van der Waals surface area contributed by atoms with Gasteiger partial charge in [-0.1, -0.05) is 6.07 Å².